The Bertz CT molecular complexity index is 770. The summed E-state index contributed by atoms with van der Waals surface area (Å²) in [4.78, 5) is 12.0. The number of ether oxygens (including phenoxy) is 1. The van der Waals surface area contributed by atoms with E-state index in [9.17, 15) is 0 Å². The Morgan fingerprint density at radius 3 is 2.71 bits per heavy atom. The van der Waals surface area contributed by atoms with Gasteiger partial charge in [0, 0.05) is 6.54 Å². The molecule has 0 radical (unpaired) electrons. The second kappa shape index (κ2) is 5.62. The van der Waals surface area contributed by atoms with E-state index in [0.29, 0.717) is 12.5 Å². The Morgan fingerprint density at radius 2 is 1.86 bits per heavy atom. The molecule has 0 aliphatic carbocycles. The molecule has 0 atom stereocenters. The molecule has 3 aromatic rings. The van der Waals surface area contributed by atoms with Crippen LogP contribution in [0.4, 0.5) is 11.9 Å². The fraction of sp³-hybridized carbons (Fsp3) is 0.133. The Morgan fingerprint density at radius 1 is 1.05 bits per heavy atom. The molecule has 0 fully saturated rings. The van der Waals surface area contributed by atoms with Crippen molar-refractivity contribution in [2.45, 2.75) is 6.54 Å². The van der Waals surface area contributed by atoms with Gasteiger partial charge in [0.15, 0.2) is 0 Å². The van der Waals surface area contributed by atoms with Gasteiger partial charge in [-0.1, -0.05) is 42.5 Å². The molecule has 0 saturated carbocycles. The Labute approximate surface area is 122 Å². The minimum atomic E-state index is 0.127. The number of fused-ring (bicyclic) bond motifs is 1. The van der Waals surface area contributed by atoms with E-state index in [-0.39, 0.29) is 12.0 Å². The summed E-state index contributed by atoms with van der Waals surface area (Å²) in [5.74, 6) is 0.523. The zero-order valence-electron chi connectivity index (χ0n) is 11.6. The van der Waals surface area contributed by atoms with Crippen LogP contribution in [0.15, 0.2) is 42.5 Å². The standard InChI is InChI=1S/C15H15N5O/c1-21-15-19-13(16)18-14(20-15)17-9-11-7-4-6-10-5-2-3-8-12(10)11/h2-8H,9H2,1H3,(H3,16,17,18,19,20). The molecule has 106 valence electrons. The van der Waals surface area contributed by atoms with Gasteiger partial charge in [0.25, 0.3) is 0 Å². The van der Waals surface area contributed by atoms with Gasteiger partial charge in [0.1, 0.15) is 0 Å². The largest absolute Gasteiger partial charge is 0.467 e. The summed E-state index contributed by atoms with van der Waals surface area (Å²) in [6.07, 6.45) is 0. The summed E-state index contributed by atoms with van der Waals surface area (Å²) >= 11 is 0. The second-order valence-corrected chi connectivity index (χ2v) is 4.50. The highest BCUT2D eigenvalue weighted by atomic mass is 16.5. The number of benzene rings is 2. The number of hydrogen-bond acceptors (Lipinski definition) is 6. The number of anilines is 2. The van der Waals surface area contributed by atoms with Gasteiger partial charge in [-0.25, -0.2) is 0 Å². The van der Waals surface area contributed by atoms with Crippen molar-refractivity contribution in [3.05, 3.63) is 48.0 Å². The van der Waals surface area contributed by atoms with E-state index in [4.69, 9.17) is 10.5 Å². The average Bonchev–Trinajstić information content (AvgIpc) is 2.52. The molecular formula is C15H15N5O. The normalized spacial score (nSPS) is 10.5. The fourth-order valence-electron chi connectivity index (χ4n) is 2.16. The van der Waals surface area contributed by atoms with Gasteiger partial charge in [-0.3, -0.25) is 0 Å². The maximum absolute atomic E-state index is 5.61. The van der Waals surface area contributed by atoms with Crippen LogP contribution in [0, 0.1) is 0 Å². The van der Waals surface area contributed by atoms with Crippen LogP contribution < -0.4 is 15.8 Å². The van der Waals surface area contributed by atoms with Crippen LogP contribution in [0.3, 0.4) is 0 Å². The molecule has 0 amide bonds. The summed E-state index contributed by atoms with van der Waals surface area (Å²) in [7, 11) is 1.49. The SMILES string of the molecule is COc1nc(N)nc(NCc2cccc3ccccc23)n1. The van der Waals surface area contributed by atoms with E-state index in [1.165, 1.54) is 17.9 Å². The maximum Gasteiger partial charge on any atom is 0.322 e. The second-order valence-electron chi connectivity index (χ2n) is 4.50. The maximum atomic E-state index is 5.61. The lowest BCUT2D eigenvalue weighted by molar-refractivity contribution is 0.379. The van der Waals surface area contributed by atoms with Gasteiger partial charge in [0.05, 0.1) is 7.11 Å². The lowest BCUT2D eigenvalue weighted by atomic mass is 10.0. The number of nitrogens with two attached hydrogens (primary N) is 1. The van der Waals surface area contributed by atoms with Crippen molar-refractivity contribution in [2.75, 3.05) is 18.2 Å². The van der Waals surface area contributed by atoms with Crippen LogP contribution in [-0.4, -0.2) is 22.1 Å². The number of hydrogen-bond donors (Lipinski definition) is 2. The quantitative estimate of drug-likeness (QED) is 0.762. The molecule has 1 heterocycles. The molecule has 1 aromatic heterocycles. The molecule has 3 N–H and O–H groups in total. The fourth-order valence-corrected chi connectivity index (χ4v) is 2.16. The number of rotatable bonds is 4. The zero-order chi connectivity index (χ0) is 14.7. The first-order valence-corrected chi connectivity index (χ1v) is 6.52. The van der Waals surface area contributed by atoms with Gasteiger partial charge in [0.2, 0.25) is 11.9 Å². The lowest BCUT2D eigenvalue weighted by Crippen LogP contribution is -2.08. The van der Waals surface area contributed by atoms with Crippen LogP contribution >= 0.6 is 0 Å². The number of aromatic nitrogens is 3. The van der Waals surface area contributed by atoms with Gasteiger partial charge in [-0.15, -0.1) is 0 Å². The molecule has 3 rings (SSSR count). The third-order valence-electron chi connectivity index (χ3n) is 3.13. The van der Waals surface area contributed by atoms with E-state index in [0.717, 1.165) is 5.56 Å². The third kappa shape index (κ3) is 2.84. The smallest absolute Gasteiger partial charge is 0.322 e. The molecular weight excluding hydrogens is 266 g/mol. The Kier molecular flexibility index (Phi) is 3.51. The first-order valence-electron chi connectivity index (χ1n) is 6.52. The van der Waals surface area contributed by atoms with E-state index >= 15 is 0 Å². The molecule has 0 spiro atoms. The van der Waals surface area contributed by atoms with Gasteiger partial charge < -0.3 is 15.8 Å². The molecule has 0 aliphatic rings. The van der Waals surface area contributed by atoms with Crippen molar-refractivity contribution in [1.29, 1.82) is 0 Å². The van der Waals surface area contributed by atoms with Crippen molar-refractivity contribution >= 4 is 22.7 Å². The molecule has 0 bridgehead atoms. The molecule has 0 saturated heterocycles. The van der Waals surface area contributed by atoms with E-state index in [1.54, 1.807) is 0 Å². The topological polar surface area (TPSA) is 86.0 Å². The summed E-state index contributed by atoms with van der Waals surface area (Å²) < 4.78 is 4.98. The van der Waals surface area contributed by atoms with Crippen LogP contribution in [0.2, 0.25) is 0 Å². The number of nitrogens with zero attached hydrogens (tertiary/aromatic N) is 3. The van der Waals surface area contributed by atoms with Gasteiger partial charge >= 0.3 is 6.01 Å². The molecule has 6 heteroatoms. The highest BCUT2D eigenvalue weighted by Gasteiger charge is 2.05. The van der Waals surface area contributed by atoms with E-state index in [1.807, 2.05) is 18.2 Å². The van der Waals surface area contributed by atoms with Crippen LogP contribution in [0.5, 0.6) is 6.01 Å². The van der Waals surface area contributed by atoms with Gasteiger partial charge in [-0.05, 0) is 16.3 Å². The van der Waals surface area contributed by atoms with E-state index < -0.39 is 0 Å². The summed E-state index contributed by atoms with van der Waals surface area (Å²) in [5, 5.41) is 5.54. The minimum Gasteiger partial charge on any atom is -0.467 e. The number of methoxy groups -OCH3 is 1. The minimum absolute atomic E-state index is 0.127. The molecule has 6 nitrogen and oxygen atoms in total. The average molecular weight is 281 g/mol. The van der Waals surface area contributed by atoms with Gasteiger partial charge in [-0.2, -0.15) is 15.0 Å². The molecule has 0 unspecified atom stereocenters. The Hall–Kier alpha value is -2.89. The zero-order valence-corrected chi connectivity index (χ0v) is 11.6. The summed E-state index contributed by atoms with van der Waals surface area (Å²) in [6, 6.07) is 14.6. The van der Waals surface area contributed by atoms with Crippen molar-refractivity contribution in [3.8, 4) is 6.01 Å². The molecule has 21 heavy (non-hydrogen) atoms. The van der Waals surface area contributed by atoms with Crippen molar-refractivity contribution in [2.24, 2.45) is 0 Å². The highest BCUT2D eigenvalue weighted by molar-refractivity contribution is 5.85. The molecule has 2 aromatic carbocycles. The van der Waals surface area contributed by atoms with Crippen molar-refractivity contribution < 1.29 is 4.74 Å². The number of nitrogens with one attached hydrogen (secondary N) is 1. The number of nitrogen functional groups attached to an aromatic ring is 1. The Balaban J connectivity index is 1.85. The first-order chi connectivity index (χ1) is 10.3. The lowest BCUT2D eigenvalue weighted by Gasteiger charge is -2.09. The summed E-state index contributed by atoms with van der Waals surface area (Å²) in [6.45, 7) is 0.591. The first kappa shape index (κ1) is 13.1. The monoisotopic (exact) mass is 281 g/mol. The van der Waals surface area contributed by atoms with Crippen LogP contribution in [0.25, 0.3) is 10.8 Å². The summed E-state index contributed by atoms with van der Waals surface area (Å²) in [5.41, 5.74) is 6.77. The third-order valence-corrected chi connectivity index (χ3v) is 3.13. The van der Waals surface area contributed by atoms with Crippen molar-refractivity contribution in [3.63, 3.8) is 0 Å². The van der Waals surface area contributed by atoms with E-state index in [2.05, 4.69) is 44.5 Å². The van der Waals surface area contributed by atoms with Crippen LogP contribution in [0.1, 0.15) is 5.56 Å². The predicted molar refractivity (Wildman–Crippen MR) is 82.1 cm³/mol. The predicted octanol–water partition coefficient (Wildman–Crippen LogP) is 2.23. The highest BCUT2D eigenvalue weighted by Crippen LogP contribution is 2.19. The van der Waals surface area contributed by atoms with Crippen LogP contribution in [-0.2, 0) is 6.54 Å². The van der Waals surface area contributed by atoms with Crippen molar-refractivity contribution in [1.82, 2.24) is 15.0 Å². The molecule has 0 aliphatic heterocycles.